The lowest BCUT2D eigenvalue weighted by atomic mass is 10.1. The summed E-state index contributed by atoms with van der Waals surface area (Å²) in [6.45, 7) is 2.12. The molecule has 4 nitrogen and oxygen atoms in total. The molecule has 1 fully saturated rings. The number of rotatable bonds is 3. The van der Waals surface area contributed by atoms with E-state index in [9.17, 15) is 9.59 Å². The molecule has 1 aliphatic carbocycles. The Labute approximate surface area is 76.9 Å². The molecule has 2 atom stereocenters. The van der Waals surface area contributed by atoms with E-state index in [-0.39, 0.29) is 17.8 Å². The number of carbonyl (C=O) groups is 2. The van der Waals surface area contributed by atoms with E-state index in [2.05, 4.69) is 0 Å². The molecule has 2 unspecified atom stereocenters. The largest absolute Gasteiger partial charge is 0.481 e. The number of carboxylic acids is 1. The smallest absolute Gasteiger partial charge is 0.308 e. The first-order chi connectivity index (χ1) is 6.15. The van der Waals surface area contributed by atoms with E-state index >= 15 is 0 Å². The highest BCUT2D eigenvalue weighted by Crippen LogP contribution is 2.31. The van der Waals surface area contributed by atoms with Crippen molar-refractivity contribution < 1.29 is 19.4 Å². The van der Waals surface area contributed by atoms with E-state index in [4.69, 9.17) is 9.84 Å². The van der Waals surface area contributed by atoms with Gasteiger partial charge in [0.2, 0.25) is 0 Å². The maximum Gasteiger partial charge on any atom is 0.308 e. The van der Waals surface area contributed by atoms with E-state index in [1.54, 1.807) is 6.92 Å². The van der Waals surface area contributed by atoms with Crippen LogP contribution in [0.1, 0.15) is 26.2 Å². The molecule has 0 bridgehead atoms. The van der Waals surface area contributed by atoms with Crippen LogP contribution in [0.4, 0.5) is 0 Å². The van der Waals surface area contributed by atoms with Crippen molar-refractivity contribution in [2.45, 2.75) is 26.2 Å². The van der Waals surface area contributed by atoms with Gasteiger partial charge in [-0.15, -0.1) is 0 Å². The first kappa shape index (κ1) is 10.0. The predicted octanol–water partition coefficient (Wildman–Crippen LogP) is 1.05. The van der Waals surface area contributed by atoms with Gasteiger partial charge in [-0.2, -0.15) is 0 Å². The maximum atomic E-state index is 11.2. The molecule has 0 radical (unpaired) electrons. The lowest BCUT2D eigenvalue weighted by Crippen LogP contribution is -2.16. The number of hydrogen-bond acceptors (Lipinski definition) is 3. The summed E-state index contributed by atoms with van der Waals surface area (Å²) >= 11 is 0. The van der Waals surface area contributed by atoms with Crippen molar-refractivity contribution in [1.29, 1.82) is 0 Å². The van der Waals surface area contributed by atoms with Crippen molar-refractivity contribution in [2.24, 2.45) is 11.8 Å². The van der Waals surface area contributed by atoms with Gasteiger partial charge >= 0.3 is 11.9 Å². The molecule has 1 N–H and O–H groups in total. The van der Waals surface area contributed by atoms with E-state index in [0.29, 0.717) is 25.9 Å². The van der Waals surface area contributed by atoms with E-state index in [1.165, 1.54) is 0 Å². The van der Waals surface area contributed by atoms with Crippen molar-refractivity contribution in [3.05, 3.63) is 0 Å². The molecule has 0 aromatic heterocycles. The number of ether oxygens (including phenoxy) is 1. The summed E-state index contributed by atoms with van der Waals surface area (Å²) in [4.78, 5) is 21.8. The normalized spacial score (nSPS) is 27.2. The Hall–Kier alpha value is -1.06. The zero-order valence-corrected chi connectivity index (χ0v) is 7.66. The number of hydrogen-bond donors (Lipinski definition) is 1. The predicted molar refractivity (Wildman–Crippen MR) is 45.1 cm³/mol. The summed E-state index contributed by atoms with van der Waals surface area (Å²) < 4.78 is 4.82. The van der Waals surface area contributed by atoms with E-state index in [0.717, 1.165) is 0 Å². The van der Waals surface area contributed by atoms with Crippen LogP contribution in [0, 0.1) is 11.8 Å². The van der Waals surface area contributed by atoms with Gasteiger partial charge in [0.1, 0.15) is 0 Å². The fourth-order valence-corrected chi connectivity index (χ4v) is 1.68. The van der Waals surface area contributed by atoms with Crippen molar-refractivity contribution in [1.82, 2.24) is 0 Å². The molecule has 0 spiro atoms. The molecule has 0 amide bonds. The Morgan fingerprint density at radius 2 is 2.00 bits per heavy atom. The zero-order valence-electron chi connectivity index (χ0n) is 7.66. The van der Waals surface area contributed by atoms with Crippen molar-refractivity contribution in [3.63, 3.8) is 0 Å². The van der Waals surface area contributed by atoms with Crippen LogP contribution in [-0.4, -0.2) is 23.7 Å². The Bertz CT molecular complexity index is 212. The van der Waals surface area contributed by atoms with Crippen LogP contribution in [0.5, 0.6) is 0 Å². The van der Waals surface area contributed by atoms with Crippen LogP contribution in [0.25, 0.3) is 0 Å². The van der Waals surface area contributed by atoms with Gasteiger partial charge in [-0.3, -0.25) is 9.59 Å². The molecule has 0 saturated heterocycles. The third-order valence-electron chi connectivity index (χ3n) is 2.40. The monoisotopic (exact) mass is 186 g/mol. The molecule has 1 aliphatic rings. The highest BCUT2D eigenvalue weighted by Gasteiger charge is 2.34. The Kier molecular flexibility index (Phi) is 3.28. The summed E-state index contributed by atoms with van der Waals surface area (Å²) in [6.07, 6.45) is 1.68. The van der Waals surface area contributed by atoms with Gasteiger partial charge in [0.15, 0.2) is 0 Å². The van der Waals surface area contributed by atoms with Crippen molar-refractivity contribution >= 4 is 11.9 Å². The Morgan fingerprint density at radius 3 is 2.46 bits per heavy atom. The van der Waals surface area contributed by atoms with E-state index in [1.807, 2.05) is 0 Å². The highest BCUT2D eigenvalue weighted by molar-refractivity contribution is 5.76. The number of carboxylic acid groups (broad SMARTS) is 1. The number of carbonyl (C=O) groups excluding carboxylic acids is 1. The third-order valence-corrected chi connectivity index (χ3v) is 2.40. The second kappa shape index (κ2) is 4.25. The Morgan fingerprint density at radius 1 is 1.38 bits per heavy atom. The summed E-state index contributed by atoms with van der Waals surface area (Å²) in [5.74, 6) is -1.59. The van der Waals surface area contributed by atoms with Gasteiger partial charge in [0.05, 0.1) is 18.4 Å². The van der Waals surface area contributed by atoms with Crippen LogP contribution >= 0.6 is 0 Å². The standard InChI is InChI=1S/C9H14O4/c1-2-13-9(12)7-4-3-6(5-7)8(10)11/h6-7H,2-5H2,1H3,(H,10,11). The second-order valence-electron chi connectivity index (χ2n) is 3.30. The molecule has 13 heavy (non-hydrogen) atoms. The molecular weight excluding hydrogens is 172 g/mol. The first-order valence-electron chi connectivity index (χ1n) is 4.54. The van der Waals surface area contributed by atoms with Crippen LogP contribution in [0.15, 0.2) is 0 Å². The van der Waals surface area contributed by atoms with Gasteiger partial charge in [-0.25, -0.2) is 0 Å². The van der Waals surface area contributed by atoms with E-state index < -0.39 is 5.97 Å². The lowest BCUT2D eigenvalue weighted by molar-refractivity contribution is -0.148. The van der Waals surface area contributed by atoms with Gasteiger partial charge < -0.3 is 9.84 Å². The van der Waals surface area contributed by atoms with Crippen molar-refractivity contribution in [3.8, 4) is 0 Å². The van der Waals surface area contributed by atoms with Gasteiger partial charge in [-0.1, -0.05) is 0 Å². The first-order valence-corrected chi connectivity index (χ1v) is 4.54. The number of aliphatic carboxylic acids is 1. The van der Waals surface area contributed by atoms with Gasteiger partial charge in [0, 0.05) is 0 Å². The average Bonchev–Trinajstić information content (AvgIpc) is 2.52. The van der Waals surface area contributed by atoms with Gasteiger partial charge in [-0.05, 0) is 26.2 Å². The lowest BCUT2D eigenvalue weighted by Gasteiger charge is -2.07. The molecule has 0 heterocycles. The molecule has 0 aliphatic heterocycles. The quantitative estimate of drug-likeness (QED) is 0.669. The van der Waals surface area contributed by atoms with Crippen molar-refractivity contribution in [2.75, 3.05) is 6.61 Å². The molecule has 74 valence electrons. The molecular formula is C9H14O4. The maximum absolute atomic E-state index is 11.2. The summed E-state index contributed by atoms with van der Waals surface area (Å²) in [6, 6.07) is 0. The minimum absolute atomic E-state index is 0.193. The average molecular weight is 186 g/mol. The SMILES string of the molecule is CCOC(=O)C1CCC(C(=O)O)C1. The number of esters is 1. The van der Waals surface area contributed by atoms with Crippen LogP contribution in [0.3, 0.4) is 0 Å². The molecule has 0 aromatic rings. The molecule has 1 saturated carbocycles. The second-order valence-corrected chi connectivity index (χ2v) is 3.30. The highest BCUT2D eigenvalue weighted by atomic mass is 16.5. The summed E-state index contributed by atoms with van der Waals surface area (Å²) in [5, 5.41) is 8.69. The topological polar surface area (TPSA) is 63.6 Å². The molecule has 0 aromatic carbocycles. The fourth-order valence-electron chi connectivity index (χ4n) is 1.68. The Balaban J connectivity index is 2.40. The zero-order chi connectivity index (χ0) is 9.84. The fraction of sp³-hybridized carbons (Fsp3) is 0.778. The minimum atomic E-state index is -0.799. The summed E-state index contributed by atoms with van der Waals surface area (Å²) in [7, 11) is 0. The molecule has 1 rings (SSSR count). The van der Waals surface area contributed by atoms with Crippen LogP contribution in [0.2, 0.25) is 0 Å². The van der Waals surface area contributed by atoms with Gasteiger partial charge in [0.25, 0.3) is 0 Å². The minimum Gasteiger partial charge on any atom is -0.481 e. The van der Waals surface area contributed by atoms with Crippen LogP contribution < -0.4 is 0 Å². The summed E-state index contributed by atoms with van der Waals surface area (Å²) in [5.41, 5.74) is 0. The third kappa shape index (κ3) is 2.44. The molecule has 4 heteroatoms. The van der Waals surface area contributed by atoms with Crippen LogP contribution in [-0.2, 0) is 14.3 Å².